The third kappa shape index (κ3) is 1.78. The highest BCUT2D eigenvalue weighted by Crippen LogP contribution is 2.28. The number of H-pyrrole nitrogens is 2. The molecule has 0 aliphatic heterocycles. The van der Waals surface area contributed by atoms with Crippen molar-refractivity contribution in [3.05, 3.63) is 52.1 Å². The molecule has 0 spiro atoms. The van der Waals surface area contributed by atoms with Gasteiger partial charge in [-0.25, -0.2) is 4.98 Å². The number of fused-ring (bicyclic) bond motifs is 2. The first kappa shape index (κ1) is 12.0. The number of imidazole rings is 1. The van der Waals surface area contributed by atoms with Gasteiger partial charge in [0, 0.05) is 11.1 Å². The first-order chi connectivity index (χ1) is 10.2. The number of anilines is 1. The zero-order chi connectivity index (χ0) is 14.4. The summed E-state index contributed by atoms with van der Waals surface area (Å²) in [7, 11) is 0. The van der Waals surface area contributed by atoms with E-state index in [4.69, 9.17) is 5.73 Å². The molecule has 0 amide bonds. The summed E-state index contributed by atoms with van der Waals surface area (Å²) in [6, 6.07) is 7.50. The third-order valence-corrected chi connectivity index (χ3v) is 3.85. The van der Waals surface area contributed by atoms with Gasteiger partial charge in [0.05, 0.1) is 16.9 Å². The Morgan fingerprint density at radius 1 is 1.19 bits per heavy atom. The van der Waals surface area contributed by atoms with E-state index in [1.807, 2.05) is 30.3 Å². The number of nitrogens with two attached hydrogens (primary N) is 1. The number of nitrogen functional groups attached to an aromatic ring is 1. The van der Waals surface area contributed by atoms with Crippen LogP contribution in [0.4, 0.5) is 5.69 Å². The number of aryl methyl sites for hydroxylation is 1. The zero-order valence-electron chi connectivity index (χ0n) is 11.3. The van der Waals surface area contributed by atoms with Crippen LogP contribution in [0.25, 0.3) is 28.4 Å². The average molecular weight is 278 g/mol. The van der Waals surface area contributed by atoms with Gasteiger partial charge in [-0.15, -0.1) is 0 Å². The van der Waals surface area contributed by atoms with Crippen molar-refractivity contribution in [1.29, 1.82) is 0 Å². The van der Waals surface area contributed by atoms with Crippen molar-refractivity contribution in [3.8, 4) is 11.4 Å². The van der Waals surface area contributed by atoms with E-state index in [1.54, 1.807) is 0 Å². The van der Waals surface area contributed by atoms with E-state index in [1.165, 1.54) is 0 Å². The monoisotopic (exact) mass is 278 g/mol. The smallest absolute Gasteiger partial charge is 0.261 e. The molecule has 0 bridgehead atoms. The van der Waals surface area contributed by atoms with E-state index >= 15 is 0 Å². The van der Waals surface area contributed by atoms with Crippen LogP contribution in [0.2, 0.25) is 0 Å². The molecule has 1 aromatic carbocycles. The molecule has 21 heavy (non-hydrogen) atoms. The summed E-state index contributed by atoms with van der Waals surface area (Å²) in [5.74, 6) is 0.538. The van der Waals surface area contributed by atoms with Crippen LogP contribution in [-0.2, 0) is 6.42 Å². The standard InChI is InChI=1S/C16H14N4O/c17-14-9-5-1-2-6-10(9)20-16(21)13(14)15-18-11-7-3-4-8-12(11)19-15/h1-3,5-7H,4,8H2,(H,18,19)(H3,17,20,21). The van der Waals surface area contributed by atoms with E-state index in [0.717, 1.165) is 35.1 Å². The van der Waals surface area contributed by atoms with Crippen LogP contribution in [0, 0.1) is 0 Å². The predicted molar refractivity (Wildman–Crippen MR) is 83.9 cm³/mol. The molecule has 0 fully saturated rings. The molecule has 5 heteroatoms. The van der Waals surface area contributed by atoms with Crippen molar-refractivity contribution in [2.75, 3.05) is 5.73 Å². The number of hydrogen-bond acceptors (Lipinski definition) is 3. The van der Waals surface area contributed by atoms with Crippen molar-refractivity contribution in [2.45, 2.75) is 12.8 Å². The minimum absolute atomic E-state index is 0.221. The van der Waals surface area contributed by atoms with E-state index in [0.29, 0.717) is 17.1 Å². The summed E-state index contributed by atoms with van der Waals surface area (Å²) < 4.78 is 0. The number of rotatable bonds is 1. The normalized spacial score (nSPS) is 13.5. The molecule has 4 N–H and O–H groups in total. The number of pyridine rings is 1. The lowest BCUT2D eigenvalue weighted by molar-refractivity contribution is 0.944. The lowest BCUT2D eigenvalue weighted by Gasteiger charge is -2.06. The van der Waals surface area contributed by atoms with Crippen LogP contribution in [0.15, 0.2) is 35.1 Å². The molecule has 5 nitrogen and oxygen atoms in total. The highest BCUT2D eigenvalue weighted by atomic mass is 16.1. The maximum atomic E-state index is 12.4. The number of aromatic nitrogens is 3. The second kappa shape index (κ2) is 4.34. The van der Waals surface area contributed by atoms with Crippen LogP contribution in [0.5, 0.6) is 0 Å². The summed E-state index contributed by atoms with van der Waals surface area (Å²) in [4.78, 5) is 23.0. The van der Waals surface area contributed by atoms with Crippen LogP contribution in [0.1, 0.15) is 17.8 Å². The molecule has 0 saturated carbocycles. The molecule has 0 unspecified atom stereocenters. The molecule has 4 rings (SSSR count). The Labute approximate surface area is 120 Å². The SMILES string of the molecule is Nc1c(-c2nc3c([nH]2)CCC=C3)c(=O)[nH]c2ccccc12. The molecule has 104 valence electrons. The summed E-state index contributed by atoms with van der Waals surface area (Å²) in [6.45, 7) is 0. The van der Waals surface area contributed by atoms with Crippen LogP contribution in [0.3, 0.4) is 0 Å². The Morgan fingerprint density at radius 2 is 2.05 bits per heavy atom. The van der Waals surface area contributed by atoms with Crippen LogP contribution in [-0.4, -0.2) is 15.0 Å². The molecule has 2 heterocycles. The quantitative estimate of drug-likeness (QED) is 0.639. The second-order valence-electron chi connectivity index (χ2n) is 5.18. The number of para-hydroxylation sites is 1. The topological polar surface area (TPSA) is 87.6 Å². The fourth-order valence-electron chi connectivity index (χ4n) is 2.80. The molecule has 0 radical (unpaired) electrons. The first-order valence-electron chi connectivity index (χ1n) is 6.90. The summed E-state index contributed by atoms with van der Waals surface area (Å²) in [5.41, 5.74) is 9.55. The Kier molecular flexibility index (Phi) is 2.47. The van der Waals surface area contributed by atoms with Crippen molar-refractivity contribution >= 4 is 22.7 Å². The Morgan fingerprint density at radius 3 is 2.90 bits per heavy atom. The van der Waals surface area contributed by atoms with E-state index in [-0.39, 0.29) is 5.56 Å². The van der Waals surface area contributed by atoms with Gasteiger partial charge in [0.15, 0.2) is 0 Å². The van der Waals surface area contributed by atoms with Gasteiger partial charge in [0.25, 0.3) is 5.56 Å². The largest absolute Gasteiger partial charge is 0.397 e. The molecule has 2 aromatic heterocycles. The fourth-order valence-corrected chi connectivity index (χ4v) is 2.80. The summed E-state index contributed by atoms with van der Waals surface area (Å²) in [5, 5.41) is 0.831. The molecule has 0 atom stereocenters. The van der Waals surface area contributed by atoms with Gasteiger partial charge in [0.1, 0.15) is 11.4 Å². The van der Waals surface area contributed by atoms with Crippen molar-refractivity contribution in [2.24, 2.45) is 0 Å². The lowest BCUT2D eigenvalue weighted by Crippen LogP contribution is -2.13. The number of allylic oxidation sites excluding steroid dienone is 1. The second-order valence-corrected chi connectivity index (χ2v) is 5.18. The number of nitrogens with zero attached hydrogens (tertiary/aromatic N) is 1. The van der Waals surface area contributed by atoms with E-state index < -0.39 is 0 Å². The molecule has 3 aromatic rings. The molecule has 1 aliphatic rings. The predicted octanol–water partition coefficient (Wildman–Crippen LogP) is 2.46. The van der Waals surface area contributed by atoms with Crippen molar-refractivity contribution in [3.63, 3.8) is 0 Å². The highest BCUT2D eigenvalue weighted by Gasteiger charge is 2.18. The maximum absolute atomic E-state index is 12.4. The summed E-state index contributed by atoms with van der Waals surface area (Å²) in [6.07, 6.45) is 5.95. The molecular formula is C16H14N4O. The molecule has 1 aliphatic carbocycles. The number of hydrogen-bond donors (Lipinski definition) is 3. The Hall–Kier alpha value is -2.82. The van der Waals surface area contributed by atoms with E-state index in [2.05, 4.69) is 21.0 Å². The Bertz CT molecular complexity index is 933. The lowest BCUT2D eigenvalue weighted by atomic mass is 10.1. The van der Waals surface area contributed by atoms with Gasteiger partial charge in [0.2, 0.25) is 0 Å². The third-order valence-electron chi connectivity index (χ3n) is 3.85. The van der Waals surface area contributed by atoms with Crippen molar-refractivity contribution in [1.82, 2.24) is 15.0 Å². The van der Waals surface area contributed by atoms with Gasteiger partial charge in [-0.05, 0) is 25.0 Å². The van der Waals surface area contributed by atoms with Gasteiger partial charge < -0.3 is 15.7 Å². The summed E-state index contributed by atoms with van der Waals surface area (Å²) >= 11 is 0. The minimum Gasteiger partial charge on any atom is -0.397 e. The van der Waals surface area contributed by atoms with Gasteiger partial charge in [-0.2, -0.15) is 0 Å². The molecule has 0 saturated heterocycles. The highest BCUT2D eigenvalue weighted by molar-refractivity contribution is 5.96. The minimum atomic E-state index is -0.221. The van der Waals surface area contributed by atoms with Crippen molar-refractivity contribution < 1.29 is 0 Å². The van der Waals surface area contributed by atoms with Crippen LogP contribution >= 0.6 is 0 Å². The number of nitrogens with one attached hydrogen (secondary N) is 2. The fraction of sp³-hybridized carbons (Fsp3) is 0.125. The first-order valence-corrected chi connectivity index (χ1v) is 6.90. The van der Waals surface area contributed by atoms with Gasteiger partial charge in [-0.3, -0.25) is 4.79 Å². The zero-order valence-corrected chi connectivity index (χ0v) is 11.3. The average Bonchev–Trinajstić information content (AvgIpc) is 2.90. The van der Waals surface area contributed by atoms with E-state index in [9.17, 15) is 4.79 Å². The molecular weight excluding hydrogens is 264 g/mol. The Balaban J connectivity index is 2.00. The number of benzene rings is 1. The van der Waals surface area contributed by atoms with Gasteiger partial charge >= 0.3 is 0 Å². The number of aromatic amines is 2. The van der Waals surface area contributed by atoms with Crippen LogP contribution < -0.4 is 11.3 Å². The maximum Gasteiger partial charge on any atom is 0.261 e. The van der Waals surface area contributed by atoms with Gasteiger partial charge in [-0.1, -0.05) is 24.3 Å².